The lowest BCUT2D eigenvalue weighted by Crippen LogP contribution is -2.67. The molecular formula is C91H86N4O2S4Si. The van der Waals surface area contributed by atoms with Crippen LogP contribution in [-0.4, -0.2) is 34.1 Å². The third-order valence-electron chi connectivity index (χ3n) is 21.4. The molecule has 0 radical (unpaired) electrons. The standard InChI is InChI=1S/C91H86N4O2S4Si/c1-56(2)61-31-39-65(40-32-61)90(66-41-33-62(34-42-66)57(3)4)75-54-70(49-30-60-28-47-69(48-29-60)95(17)52-53-96-102(88(9,10)11,72-24-20-18-21-25-72)73-26-22-19-23-27-73)98-81(75)83-77(90)85-86(100-83)78-84(101-85)82-76(55-71(99-82)50-51-74-79(92-14)80(87(93-15)94-16)97-89(74,12)13)91(78,67-43-35-63(36-44-67)58(5)6)68-45-37-64(38-46-68)59(7)8/h18-51,54-59H,52-53H2,1-13,17H3/b49-30+,51-50+. The smallest absolute Gasteiger partial charge is 0.499 e. The molecule has 0 unspecified atom stereocenters. The monoisotopic (exact) mass is 1420 g/mol. The van der Waals surface area contributed by atoms with Crippen LogP contribution in [0.4, 0.5) is 5.69 Å². The molecule has 1 aliphatic heterocycles. The molecule has 11 aromatic rings. The van der Waals surface area contributed by atoms with E-state index in [4.69, 9.17) is 28.9 Å². The van der Waals surface area contributed by atoms with Crippen molar-refractivity contribution in [1.29, 1.82) is 0 Å². The van der Waals surface area contributed by atoms with Gasteiger partial charge in [-0.15, -0.1) is 45.3 Å². The molecule has 0 saturated heterocycles. The number of fused-ring (bicyclic) bond motifs is 9. The third kappa shape index (κ3) is 11.6. The fourth-order valence-electron chi connectivity index (χ4n) is 15.9. The molecule has 5 heterocycles. The van der Waals surface area contributed by atoms with Crippen LogP contribution in [-0.2, 0) is 20.0 Å². The van der Waals surface area contributed by atoms with Crippen molar-refractivity contribution in [3.63, 3.8) is 0 Å². The number of hydrogen-bond acceptors (Lipinski definition) is 7. The molecule has 7 aromatic carbocycles. The molecular weight excluding hydrogens is 1340 g/mol. The average Bonchev–Trinajstić information content (AvgIpc) is 1.49. The fourth-order valence-corrected chi connectivity index (χ4v) is 26.1. The number of rotatable bonds is 19. The summed E-state index contributed by atoms with van der Waals surface area (Å²) in [5.74, 6) is 1.24. The van der Waals surface area contributed by atoms with Crippen molar-refractivity contribution in [3.8, 4) is 19.5 Å². The highest BCUT2D eigenvalue weighted by Gasteiger charge is 2.56. The minimum atomic E-state index is -2.69. The van der Waals surface area contributed by atoms with Crippen LogP contribution in [0.3, 0.4) is 0 Å². The first kappa shape index (κ1) is 69.9. The predicted molar refractivity (Wildman–Crippen MR) is 437 cm³/mol. The van der Waals surface area contributed by atoms with E-state index < -0.39 is 24.7 Å². The molecule has 3 aliphatic rings. The molecule has 4 aromatic heterocycles. The number of thiophene rings is 4. The Morgan fingerprint density at radius 2 is 0.902 bits per heavy atom. The van der Waals surface area contributed by atoms with Gasteiger partial charge in [0.1, 0.15) is 18.7 Å². The summed E-state index contributed by atoms with van der Waals surface area (Å²) in [5, 5.41) is 2.48. The molecule has 2 aliphatic carbocycles. The van der Waals surface area contributed by atoms with Gasteiger partial charge in [-0.3, -0.25) is 0 Å². The van der Waals surface area contributed by atoms with E-state index in [0.29, 0.717) is 35.9 Å². The van der Waals surface area contributed by atoms with Gasteiger partial charge in [-0.25, -0.2) is 4.85 Å². The second-order valence-corrected chi connectivity index (χ2v) is 38.7. The highest BCUT2D eigenvalue weighted by atomic mass is 32.1. The highest BCUT2D eigenvalue weighted by molar-refractivity contribution is 7.34. The first-order valence-electron chi connectivity index (χ1n) is 35.5. The summed E-state index contributed by atoms with van der Waals surface area (Å²) in [6.45, 7) is 54.3. The van der Waals surface area contributed by atoms with E-state index in [2.05, 4.69) is 315 Å². The highest BCUT2D eigenvalue weighted by Crippen LogP contribution is 2.70. The summed E-state index contributed by atoms with van der Waals surface area (Å²) in [6, 6.07) is 74.0. The number of ether oxygens (including phenoxy) is 1. The Hall–Kier alpha value is -9.19. The molecule has 0 N–H and O–H groups in total. The minimum absolute atomic E-state index is 0.0543. The number of nitrogens with zero attached hydrogens (tertiary/aromatic N) is 4. The largest absolute Gasteiger partial charge is 0.550 e. The molecule has 0 spiro atoms. The van der Waals surface area contributed by atoms with E-state index in [1.807, 2.05) is 53.9 Å². The normalized spacial score (nSPS) is 15.0. The molecule has 0 atom stereocenters. The van der Waals surface area contributed by atoms with E-state index >= 15 is 0 Å². The number of anilines is 1. The second kappa shape index (κ2) is 27.2. The lowest BCUT2D eigenvalue weighted by molar-refractivity contribution is 0.0951. The van der Waals surface area contributed by atoms with Crippen molar-refractivity contribution < 1.29 is 9.16 Å². The van der Waals surface area contributed by atoms with Crippen LogP contribution >= 0.6 is 45.3 Å². The van der Waals surface area contributed by atoms with Crippen LogP contribution in [0.2, 0.25) is 5.04 Å². The molecule has 102 heavy (non-hydrogen) atoms. The average molecular weight is 1420 g/mol. The lowest BCUT2D eigenvalue weighted by Gasteiger charge is -2.43. The van der Waals surface area contributed by atoms with Crippen molar-refractivity contribution >= 4 is 97.4 Å². The van der Waals surface area contributed by atoms with Gasteiger partial charge in [0.2, 0.25) is 11.5 Å². The zero-order valence-electron chi connectivity index (χ0n) is 60.7. The van der Waals surface area contributed by atoms with Crippen molar-refractivity contribution in [2.45, 2.75) is 135 Å². The molecule has 0 amide bonds. The molecule has 0 bridgehead atoms. The van der Waals surface area contributed by atoms with Gasteiger partial charge in [-0.05, 0) is 151 Å². The van der Waals surface area contributed by atoms with Gasteiger partial charge < -0.3 is 14.1 Å². The summed E-state index contributed by atoms with van der Waals surface area (Å²) in [4.78, 5) is 20.6. The van der Waals surface area contributed by atoms with Crippen LogP contribution in [0.1, 0.15) is 196 Å². The fraction of sp³-hybridized carbons (Fsp3) is 0.264. The van der Waals surface area contributed by atoms with Gasteiger partial charge in [-0.2, -0.15) is 9.69 Å². The second-order valence-electron chi connectivity index (χ2n) is 30.2. The van der Waals surface area contributed by atoms with Crippen LogP contribution in [0, 0.1) is 19.7 Å². The maximum absolute atomic E-state index is 8.32. The number of hydrogen-bond donors (Lipinski definition) is 0. The summed E-state index contributed by atoms with van der Waals surface area (Å²) in [5.41, 5.74) is 16.3. The van der Waals surface area contributed by atoms with Crippen molar-refractivity contribution in [2.24, 2.45) is 0 Å². The Morgan fingerprint density at radius 3 is 1.26 bits per heavy atom. The Bertz CT molecular complexity index is 5100. The quantitative estimate of drug-likeness (QED) is 0.0598. The summed E-state index contributed by atoms with van der Waals surface area (Å²) < 4.78 is 16.3. The first-order valence-corrected chi connectivity index (χ1v) is 40.7. The Morgan fingerprint density at radius 1 is 0.510 bits per heavy atom. The summed E-state index contributed by atoms with van der Waals surface area (Å²) >= 11 is 7.67. The van der Waals surface area contributed by atoms with Crippen molar-refractivity contribution in [1.82, 2.24) is 0 Å². The van der Waals surface area contributed by atoms with Gasteiger partial charge in [0.25, 0.3) is 8.32 Å². The minimum Gasteiger partial charge on any atom is -0.499 e. The molecule has 510 valence electrons. The number of benzene rings is 7. The van der Waals surface area contributed by atoms with Gasteiger partial charge in [0.05, 0.1) is 52.9 Å². The third-order valence-corrected chi connectivity index (χ3v) is 31.5. The van der Waals surface area contributed by atoms with Crippen LogP contribution in [0.5, 0.6) is 0 Å². The van der Waals surface area contributed by atoms with E-state index in [1.54, 1.807) is 11.3 Å². The van der Waals surface area contributed by atoms with Gasteiger partial charge in [-0.1, -0.05) is 258 Å². The lowest BCUT2D eigenvalue weighted by atomic mass is 9.67. The maximum atomic E-state index is 8.32. The van der Waals surface area contributed by atoms with E-state index in [9.17, 15) is 0 Å². The zero-order valence-corrected chi connectivity index (χ0v) is 65.0. The summed E-state index contributed by atoms with van der Waals surface area (Å²) in [6.07, 6.45) is 8.73. The van der Waals surface area contributed by atoms with Gasteiger partial charge in [0, 0.05) is 45.7 Å². The van der Waals surface area contributed by atoms with Crippen molar-refractivity contribution in [2.75, 3.05) is 25.1 Å². The Kier molecular flexibility index (Phi) is 18.6. The van der Waals surface area contributed by atoms with Gasteiger partial charge in [0.15, 0.2) is 0 Å². The topological polar surface area (TPSA) is 34.8 Å². The summed E-state index contributed by atoms with van der Waals surface area (Å²) in [7, 11) is -0.510. The zero-order chi connectivity index (χ0) is 71.8. The number of likely N-dealkylation sites (N-methyl/N-ethyl adjacent to an activating group) is 1. The maximum Gasteiger partial charge on any atom is 0.550 e. The van der Waals surface area contributed by atoms with E-state index in [1.165, 1.54) is 111 Å². The van der Waals surface area contributed by atoms with Crippen LogP contribution in [0.15, 0.2) is 223 Å². The Balaban J connectivity index is 0.923. The SMILES string of the molecule is [C-]#[N+]C([N+]#[C-])=C1OC(C)(C)C(/C=C/c2cc3c(s2)-c2sc4c5c(sc4c2C3(c2ccc(C(C)C)cc2)c2ccc(C(C)C)cc2)-c2sc(/C=C/c3ccc(N(C)CCO[Si](c4ccccc4)(c4ccccc4)C(C)(C)C)cc3)cc2C5(c2ccc(C(C)C)cc2)c2ccc(C(C)C)cc2)=C1[N+]#[C-]. The van der Waals surface area contributed by atoms with Crippen LogP contribution < -0.4 is 15.3 Å². The molecule has 14 rings (SSSR count). The first-order chi connectivity index (χ1) is 49.0. The van der Waals surface area contributed by atoms with E-state index in [0.717, 1.165) is 22.7 Å². The predicted octanol–water partition coefficient (Wildman–Crippen LogP) is 24.5. The Labute approximate surface area is 620 Å². The van der Waals surface area contributed by atoms with Gasteiger partial charge >= 0.3 is 5.82 Å². The van der Waals surface area contributed by atoms with E-state index in [-0.39, 0.29) is 22.3 Å². The molecule has 0 fully saturated rings. The van der Waals surface area contributed by atoms with Crippen LogP contribution in [0.25, 0.3) is 61.7 Å². The molecule has 0 saturated carbocycles. The molecule has 11 heteroatoms. The van der Waals surface area contributed by atoms with Crippen molar-refractivity contribution in [3.05, 3.63) is 339 Å². The molecule has 6 nitrogen and oxygen atoms in total.